The van der Waals surface area contributed by atoms with Crippen LogP contribution in [-0.2, 0) is 11.3 Å². The van der Waals surface area contributed by atoms with Crippen molar-refractivity contribution in [3.8, 4) is 0 Å². The summed E-state index contributed by atoms with van der Waals surface area (Å²) in [6.45, 7) is 2.67. The van der Waals surface area contributed by atoms with E-state index in [0.29, 0.717) is 5.69 Å². The number of piperidine rings is 1. The number of likely N-dealkylation sites (tertiary alicyclic amines) is 1. The Labute approximate surface area is 107 Å². The quantitative estimate of drug-likeness (QED) is 0.802. The van der Waals surface area contributed by atoms with Crippen molar-refractivity contribution in [1.82, 2.24) is 9.88 Å². The van der Waals surface area contributed by atoms with Gasteiger partial charge in [0.25, 0.3) is 0 Å². The van der Waals surface area contributed by atoms with Crippen LogP contribution in [0.5, 0.6) is 0 Å². The van der Waals surface area contributed by atoms with E-state index in [4.69, 9.17) is 5.73 Å². The highest BCUT2D eigenvalue weighted by atomic mass is 16.5. The van der Waals surface area contributed by atoms with Gasteiger partial charge in [-0.3, -0.25) is 4.90 Å². The van der Waals surface area contributed by atoms with Crippen molar-refractivity contribution >= 4 is 5.97 Å². The van der Waals surface area contributed by atoms with Crippen LogP contribution in [0.4, 0.5) is 0 Å². The van der Waals surface area contributed by atoms with Crippen LogP contribution < -0.4 is 5.73 Å². The fourth-order valence-corrected chi connectivity index (χ4v) is 2.25. The Balaban J connectivity index is 2.02. The van der Waals surface area contributed by atoms with Crippen LogP contribution in [0.15, 0.2) is 18.2 Å². The van der Waals surface area contributed by atoms with Gasteiger partial charge in [0, 0.05) is 19.1 Å². The summed E-state index contributed by atoms with van der Waals surface area (Å²) in [5.74, 6) is -0.396. The third kappa shape index (κ3) is 3.27. The van der Waals surface area contributed by atoms with Crippen molar-refractivity contribution in [3.63, 3.8) is 0 Å². The van der Waals surface area contributed by atoms with Gasteiger partial charge in [-0.25, -0.2) is 9.78 Å². The number of hydrogen-bond donors (Lipinski definition) is 1. The molecule has 0 bridgehead atoms. The number of pyridine rings is 1. The first kappa shape index (κ1) is 13.0. The Morgan fingerprint density at radius 3 is 3.17 bits per heavy atom. The zero-order valence-corrected chi connectivity index (χ0v) is 10.6. The van der Waals surface area contributed by atoms with Crippen LogP contribution in [-0.4, -0.2) is 42.1 Å². The molecule has 1 aliphatic heterocycles. The molecule has 5 heteroatoms. The molecule has 1 aromatic rings. The molecule has 18 heavy (non-hydrogen) atoms. The van der Waals surface area contributed by atoms with E-state index in [1.54, 1.807) is 6.07 Å². The molecule has 2 heterocycles. The van der Waals surface area contributed by atoms with Crippen LogP contribution in [0.2, 0.25) is 0 Å². The predicted molar refractivity (Wildman–Crippen MR) is 68.1 cm³/mol. The molecule has 1 atom stereocenters. The van der Waals surface area contributed by atoms with E-state index < -0.39 is 5.97 Å². The van der Waals surface area contributed by atoms with Crippen LogP contribution in [0.25, 0.3) is 0 Å². The Bertz CT molecular complexity index is 422. The zero-order valence-electron chi connectivity index (χ0n) is 10.6. The molecule has 98 valence electrons. The number of carbonyl (C=O) groups excluding carboxylic acids is 1. The minimum atomic E-state index is -0.396. The summed E-state index contributed by atoms with van der Waals surface area (Å²) < 4.78 is 4.66. The standard InChI is InChI=1S/C13H19N3O2/c1-18-13(17)12-6-2-5-11(15-12)9-16-7-3-4-10(14)8-16/h2,5-6,10H,3-4,7-9,14H2,1H3/t10-/m1/s1. The normalized spacial score (nSPS) is 20.7. The minimum absolute atomic E-state index is 0.252. The number of rotatable bonds is 3. The number of methoxy groups -OCH3 is 1. The highest BCUT2D eigenvalue weighted by Crippen LogP contribution is 2.12. The molecule has 1 fully saturated rings. The van der Waals surface area contributed by atoms with E-state index in [0.717, 1.165) is 38.2 Å². The van der Waals surface area contributed by atoms with Gasteiger partial charge in [-0.15, -0.1) is 0 Å². The Morgan fingerprint density at radius 2 is 2.44 bits per heavy atom. The highest BCUT2D eigenvalue weighted by Gasteiger charge is 2.17. The third-order valence-electron chi connectivity index (χ3n) is 3.13. The van der Waals surface area contributed by atoms with Crippen molar-refractivity contribution < 1.29 is 9.53 Å². The number of aromatic nitrogens is 1. The maximum atomic E-state index is 11.4. The number of carbonyl (C=O) groups is 1. The summed E-state index contributed by atoms with van der Waals surface area (Å²) in [5, 5.41) is 0. The SMILES string of the molecule is COC(=O)c1cccc(CN2CCC[C@@H](N)C2)n1. The minimum Gasteiger partial charge on any atom is -0.464 e. The third-order valence-corrected chi connectivity index (χ3v) is 3.13. The molecular weight excluding hydrogens is 230 g/mol. The van der Waals surface area contributed by atoms with E-state index in [9.17, 15) is 4.79 Å². The molecular formula is C13H19N3O2. The van der Waals surface area contributed by atoms with Gasteiger partial charge in [0.05, 0.1) is 12.8 Å². The van der Waals surface area contributed by atoms with Crippen molar-refractivity contribution in [2.75, 3.05) is 20.2 Å². The van der Waals surface area contributed by atoms with Gasteiger partial charge in [0.15, 0.2) is 0 Å². The van der Waals surface area contributed by atoms with Crippen LogP contribution in [0, 0.1) is 0 Å². The van der Waals surface area contributed by atoms with Crippen molar-refractivity contribution in [2.24, 2.45) is 5.73 Å². The molecule has 1 aromatic heterocycles. The van der Waals surface area contributed by atoms with Crippen molar-refractivity contribution in [3.05, 3.63) is 29.6 Å². The van der Waals surface area contributed by atoms with E-state index in [-0.39, 0.29) is 6.04 Å². The number of nitrogens with zero attached hydrogens (tertiary/aromatic N) is 2. The summed E-state index contributed by atoms with van der Waals surface area (Å²) in [4.78, 5) is 18.0. The van der Waals surface area contributed by atoms with Gasteiger partial charge in [0.2, 0.25) is 0 Å². The molecule has 1 aliphatic rings. The lowest BCUT2D eigenvalue weighted by Gasteiger charge is -2.30. The molecule has 0 unspecified atom stereocenters. The summed E-state index contributed by atoms with van der Waals surface area (Å²) in [6, 6.07) is 5.67. The number of esters is 1. The van der Waals surface area contributed by atoms with Gasteiger partial charge < -0.3 is 10.5 Å². The highest BCUT2D eigenvalue weighted by molar-refractivity contribution is 5.87. The molecule has 0 saturated carbocycles. The lowest BCUT2D eigenvalue weighted by atomic mass is 10.1. The first-order chi connectivity index (χ1) is 8.69. The lowest BCUT2D eigenvalue weighted by molar-refractivity contribution is 0.0593. The molecule has 2 N–H and O–H groups in total. The number of nitrogens with two attached hydrogens (primary N) is 1. The van der Waals surface area contributed by atoms with E-state index in [1.165, 1.54) is 7.11 Å². The monoisotopic (exact) mass is 249 g/mol. The smallest absolute Gasteiger partial charge is 0.356 e. The maximum Gasteiger partial charge on any atom is 0.356 e. The van der Waals surface area contributed by atoms with Crippen LogP contribution in [0.3, 0.4) is 0 Å². The first-order valence-corrected chi connectivity index (χ1v) is 6.21. The van der Waals surface area contributed by atoms with Crippen LogP contribution >= 0.6 is 0 Å². The zero-order chi connectivity index (χ0) is 13.0. The Kier molecular flexibility index (Phi) is 4.28. The second-order valence-corrected chi connectivity index (χ2v) is 4.64. The van der Waals surface area contributed by atoms with Gasteiger partial charge in [-0.2, -0.15) is 0 Å². The van der Waals surface area contributed by atoms with E-state index in [2.05, 4.69) is 14.6 Å². The van der Waals surface area contributed by atoms with Crippen molar-refractivity contribution in [2.45, 2.75) is 25.4 Å². The number of ether oxygens (including phenoxy) is 1. The Morgan fingerprint density at radius 1 is 1.61 bits per heavy atom. The average molecular weight is 249 g/mol. The second kappa shape index (κ2) is 5.93. The molecule has 0 aromatic carbocycles. The van der Waals surface area contributed by atoms with Gasteiger partial charge >= 0.3 is 5.97 Å². The van der Waals surface area contributed by atoms with Gasteiger partial charge in [0.1, 0.15) is 5.69 Å². The molecule has 5 nitrogen and oxygen atoms in total. The molecule has 2 rings (SSSR count). The average Bonchev–Trinajstić information content (AvgIpc) is 2.38. The molecule has 1 saturated heterocycles. The van der Waals surface area contributed by atoms with Crippen LogP contribution in [0.1, 0.15) is 29.0 Å². The van der Waals surface area contributed by atoms with E-state index in [1.807, 2.05) is 12.1 Å². The molecule has 0 amide bonds. The summed E-state index contributed by atoms with van der Waals surface area (Å²) in [5.41, 5.74) is 7.18. The van der Waals surface area contributed by atoms with Crippen molar-refractivity contribution in [1.29, 1.82) is 0 Å². The molecule has 0 radical (unpaired) electrons. The second-order valence-electron chi connectivity index (χ2n) is 4.64. The maximum absolute atomic E-state index is 11.4. The summed E-state index contributed by atoms with van der Waals surface area (Å²) in [6.07, 6.45) is 2.21. The first-order valence-electron chi connectivity index (χ1n) is 6.21. The van der Waals surface area contributed by atoms with E-state index >= 15 is 0 Å². The fraction of sp³-hybridized carbons (Fsp3) is 0.538. The number of hydrogen-bond acceptors (Lipinski definition) is 5. The Hall–Kier alpha value is -1.46. The summed E-state index contributed by atoms with van der Waals surface area (Å²) >= 11 is 0. The molecule has 0 spiro atoms. The summed E-state index contributed by atoms with van der Waals surface area (Å²) in [7, 11) is 1.36. The lowest BCUT2D eigenvalue weighted by Crippen LogP contribution is -2.42. The van der Waals surface area contributed by atoms with Gasteiger partial charge in [-0.1, -0.05) is 6.07 Å². The fourth-order valence-electron chi connectivity index (χ4n) is 2.25. The largest absolute Gasteiger partial charge is 0.464 e. The predicted octanol–water partition coefficient (Wildman–Crippen LogP) is 0.791. The molecule has 0 aliphatic carbocycles. The van der Waals surface area contributed by atoms with Gasteiger partial charge in [-0.05, 0) is 31.5 Å². The topological polar surface area (TPSA) is 68.5 Å².